The predicted octanol–water partition coefficient (Wildman–Crippen LogP) is 4.06. The molecule has 1 aliphatic heterocycles. The second kappa shape index (κ2) is 12.1. The molecule has 1 saturated heterocycles. The van der Waals surface area contributed by atoms with Gasteiger partial charge in [-0.1, -0.05) is 42.5 Å². The van der Waals surface area contributed by atoms with Gasteiger partial charge < -0.3 is 20.0 Å². The van der Waals surface area contributed by atoms with E-state index in [1.165, 1.54) is 5.56 Å². The standard InChI is InChI=1S/C28H38N4O4Si/c1-20-25(14-11-21-9-12-23(13-10-21)29-28(34)22-7-5-4-6-8-22)36-26(27(20)37(2,3)35)15-17-32-19-24(16-18-33)30-31-32/h4-10,12-13,19-20,25-27,33,35H,11,14-18H2,1-3H3,(H,29,34)/t20-,25+,26-,27+/m1/s1. The number of aryl methyl sites for hydroxylation is 2. The van der Waals surface area contributed by atoms with E-state index in [0.29, 0.717) is 18.5 Å². The number of benzene rings is 2. The molecule has 1 aromatic heterocycles. The van der Waals surface area contributed by atoms with Crippen LogP contribution in [-0.4, -0.2) is 57.9 Å². The Balaban J connectivity index is 1.33. The number of ether oxygens (including phenoxy) is 1. The predicted molar refractivity (Wildman–Crippen MR) is 146 cm³/mol. The van der Waals surface area contributed by atoms with Gasteiger partial charge in [-0.25, -0.2) is 0 Å². The van der Waals surface area contributed by atoms with Crippen LogP contribution < -0.4 is 5.32 Å². The zero-order chi connectivity index (χ0) is 26.4. The van der Waals surface area contributed by atoms with Gasteiger partial charge in [-0.3, -0.25) is 9.48 Å². The lowest BCUT2D eigenvalue weighted by atomic mass is 9.95. The minimum atomic E-state index is -2.44. The van der Waals surface area contributed by atoms with E-state index in [2.05, 4.69) is 34.7 Å². The maximum absolute atomic E-state index is 12.4. The molecule has 37 heavy (non-hydrogen) atoms. The van der Waals surface area contributed by atoms with Crippen molar-refractivity contribution in [2.45, 2.75) is 70.0 Å². The van der Waals surface area contributed by atoms with E-state index >= 15 is 0 Å². The van der Waals surface area contributed by atoms with Crippen LogP contribution in [0.4, 0.5) is 5.69 Å². The number of anilines is 1. The van der Waals surface area contributed by atoms with Gasteiger partial charge in [0.2, 0.25) is 0 Å². The molecule has 4 rings (SSSR count). The number of carbonyl (C=O) groups excluding carboxylic acids is 1. The molecule has 3 aromatic rings. The molecule has 198 valence electrons. The second-order valence-electron chi connectivity index (χ2n) is 10.5. The summed E-state index contributed by atoms with van der Waals surface area (Å²) in [7, 11) is -2.44. The van der Waals surface area contributed by atoms with E-state index in [-0.39, 0.29) is 36.2 Å². The van der Waals surface area contributed by atoms with Crippen molar-refractivity contribution in [3.63, 3.8) is 0 Å². The number of amides is 1. The summed E-state index contributed by atoms with van der Waals surface area (Å²) in [6.07, 6.45) is 4.92. The lowest BCUT2D eigenvalue weighted by Crippen LogP contribution is -2.40. The molecule has 2 aromatic carbocycles. The SMILES string of the molecule is C[C@H]1[C@H]([Si](C)(C)O)[C@@H](CCn2cc(CCO)nn2)O[C@H]1CCc1ccc(NC(=O)c2ccccc2)cc1. The number of nitrogens with one attached hydrogen (secondary N) is 1. The van der Waals surface area contributed by atoms with Crippen molar-refractivity contribution in [2.24, 2.45) is 5.92 Å². The third-order valence-corrected chi connectivity index (χ3v) is 9.81. The Morgan fingerprint density at radius 1 is 1.05 bits per heavy atom. The summed E-state index contributed by atoms with van der Waals surface area (Å²) < 4.78 is 8.35. The fourth-order valence-corrected chi connectivity index (χ4v) is 8.13. The lowest BCUT2D eigenvalue weighted by molar-refractivity contribution is 0.0245. The Kier molecular flexibility index (Phi) is 8.91. The van der Waals surface area contributed by atoms with Gasteiger partial charge in [-0.05, 0) is 68.1 Å². The monoisotopic (exact) mass is 522 g/mol. The molecular formula is C28H38N4O4Si. The summed E-state index contributed by atoms with van der Waals surface area (Å²) in [4.78, 5) is 23.5. The number of carbonyl (C=O) groups is 1. The van der Waals surface area contributed by atoms with Crippen molar-refractivity contribution in [3.05, 3.63) is 77.6 Å². The largest absolute Gasteiger partial charge is 0.432 e. The summed E-state index contributed by atoms with van der Waals surface area (Å²) in [5, 5.41) is 20.3. The van der Waals surface area contributed by atoms with Crippen LogP contribution >= 0.6 is 0 Å². The first kappa shape index (κ1) is 27.2. The Hall–Kier alpha value is -2.85. The van der Waals surface area contributed by atoms with E-state index in [1.807, 2.05) is 49.6 Å². The van der Waals surface area contributed by atoms with E-state index < -0.39 is 8.32 Å². The molecule has 0 spiro atoms. The average Bonchev–Trinajstić information content (AvgIpc) is 3.46. The Morgan fingerprint density at radius 3 is 2.46 bits per heavy atom. The summed E-state index contributed by atoms with van der Waals surface area (Å²) in [6, 6.07) is 17.2. The van der Waals surface area contributed by atoms with Crippen molar-refractivity contribution < 1.29 is 19.4 Å². The molecule has 2 heterocycles. The van der Waals surface area contributed by atoms with Crippen molar-refractivity contribution in [3.8, 4) is 0 Å². The van der Waals surface area contributed by atoms with E-state index in [1.54, 1.807) is 16.8 Å². The third-order valence-electron chi connectivity index (χ3n) is 7.28. The number of nitrogens with zero attached hydrogens (tertiary/aromatic N) is 3. The average molecular weight is 523 g/mol. The zero-order valence-electron chi connectivity index (χ0n) is 21.9. The molecule has 8 nitrogen and oxygen atoms in total. The minimum Gasteiger partial charge on any atom is -0.432 e. The summed E-state index contributed by atoms with van der Waals surface area (Å²) in [5.74, 6) is 0.145. The van der Waals surface area contributed by atoms with Crippen LogP contribution in [0.15, 0.2) is 60.8 Å². The minimum absolute atomic E-state index is 0.0206. The zero-order valence-corrected chi connectivity index (χ0v) is 22.9. The summed E-state index contributed by atoms with van der Waals surface area (Å²) in [5.41, 5.74) is 3.51. The first-order valence-electron chi connectivity index (χ1n) is 13.1. The second-order valence-corrected chi connectivity index (χ2v) is 14.5. The number of hydrogen-bond acceptors (Lipinski definition) is 6. The fraction of sp³-hybridized carbons (Fsp3) is 0.464. The normalized spacial score (nSPS) is 21.8. The van der Waals surface area contributed by atoms with Crippen molar-refractivity contribution in [2.75, 3.05) is 11.9 Å². The lowest BCUT2D eigenvalue weighted by Gasteiger charge is -2.30. The topological polar surface area (TPSA) is 110 Å². The van der Waals surface area contributed by atoms with Crippen LogP contribution in [0.2, 0.25) is 18.6 Å². The quantitative estimate of drug-likeness (QED) is 0.328. The highest BCUT2D eigenvalue weighted by Gasteiger charge is 2.49. The van der Waals surface area contributed by atoms with Crippen LogP contribution in [0.25, 0.3) is 0 Å². The van der Waals surface area contributed by atoms with Crippen molar-refractivity contribution in [1.82, 2.24) is 15.0 Å². The van der Waals surface area contributed by atoms with E-state index in [9.17, 15) is 9.59 Å². The first-order chi connectivity index (χ1) is 17.7. The van der Waals surface area contributed by atoms with Gasteiger partial charge in [-0.15, -0.1) is 5.10 Å². The highest BCUT2D eigenvalue weighted by atomic mass is 28.4. The molecule has 1 aliphatic rings. The van der Waals surface area contributed by atoms with Gasteiger partial charge in [0.25, 0.3) is 5.91 Å². The number of aliphatic hydroxyl groups is 1. The Morgan fingerprint density at radius 2 is 1.78 bits per heavy atom. The van der Waals surface area contributed by atoms with Crippen LogP contribution in [0.1, 0.15) is 41.4 Å². The Labute approximate surface area is 219 Å². The molecule has 0 radical (unpaired) electrons. The summed E-state index contributed by atoms with van der Waals surface area (Å²) >= 11 is 0. The molecule has 1 amide bonds. The van der Waals surface area contributed by atoms with Gasteiger partial charge in [0, 0.05) is 42.6 Å². The maximum atomic E-state index is 12.4. The van der Waals surface area contributed by atoms with Gasteiger partial charge in [0.15, 0.2) is 8.32 Å². The van der Waals surface area contributed by atoms with Crippen LogP contribution in [-0.2, 0) is 24.1 Å². The van der Waals surface area contributed by atoms with Gasteiger partial charge >= 0.3 is 0 Å². The van der Waals surface area contributed by atoms with Gasteiger partial charge in [-0.2, -0.15) is 0 Å². The van der Waals surface area contributed by atoms with Gasteiger partial charge in [0.05, 0.1) is 17.9 Å². The molecule has 1 fully saturated rings. The van der Waals surface area contributed by atoms with Gasteiger partial charge in [0.1, 0.15) is 0 Å². The molecule has 0 saturated carbocycles. The number of aliphatic hydroxyl groups excluding tert-OH is 1. The highest BCUT2D eigenvalue weighted by Crippen LogP contribution is 2.45. The van der Waals surface area contributed by atoms with Crippen molar-refractivity contribution in [1.29, 1.82) is 0 Å². The van der Waals surface area contributed by atoms with Crippen LogP contribution in [0.5, 0.6) is 0 Å². The smallest absolute Gasteiger partial charge is 0.255 e. The summed E-state index contributed by atoms with van der Waals surface area (Å²) in [6.45, 7) is 6.94. The number of hydrogen-bond donors (Lipinski definition) is 3. The van der Waals surface area contributed by atoms with Crippen LogP contribution in [0.3, 0.4) is 0 Å². The van der Waals surface area contributed by atoms with E-state index in [0.717, 1.165) is 30.6 Å². The van der Waals surface area contributed by atoms with Crippen LogP contribution in [0, 0.1) is 5.92 Å². The first-order valence-corrected chi connectivity index (χ1v) is 16.1. The Bertz CT molecular complexity index is 1150. The number of rotatable bonds is 11. The van der Waals surface area contributed by atoms with Crippen molar-refractivity contribution >= 4 is 19.9 Å². The molecule has 0 aliphatic carbocycles. The number of aromatic nitrogens is 3. The molecule has 0 unspecified atom stereocenters. The maximum Gasteiger partial charge on any atom is 0.255 e. The molecule has 4 atom stereocenters. The molecular weight excluding hydrogens is 484 g/mol. The fourth-order valence-electron chi connectivity index (χ4n) is 5.47. The molecule has 9 heteroatoms. The third kappa shape index (κ3) is 7.13. The molecule has 3 N–H and O–H groups in total. The van der Waals surface area contributed by atoms with E-state index in [4.69, 9.17) is 9.84 Å². The molecule has 0 bridgehead atoms. The highest BCUT2D eigenvalue weighted by molar-refractivity contribution is 6.71.